The highest BCUT2D eigenvalue weighted by Crippen LogP contribution is 2.33. The molecular formula is C25H32N2O5S. The molecular weight excluding hydrogens is 440 g/mol. The van der Waals surface area contributed by atoms with Gasteiger partial charge in [0.25, 0.3) is 0 Å². The fraction of sp³-hybridized carbons (Fsp3) is 0.480. The summed E-state index contributed by atoms with van der Waals surface area (Å²) in [5, 5.41) is 3.07. The number of hydrogen-bond acceptors (Lipinski definition) is 5. The third-order valence-corrected chi connectivity index (χ3v) is 8.35. The predicted octanol–water partition coefficient (Wildman–Crippen LogP) is 3.86. The quantitative estimate of drug-likeness (QED) is 0.690. The fourth-order valence-corrected chi connectivity index (χ4v) is 5.75. The van der Waals surface area contributed by atoms with Crippen LogP contribution in [-0.2, 0) is 14.8 Å². The van der Waals surface area contributed by atoms with Crippen LogP contribution < -0.4 is 14.8 Å². The van der Waals surface area contributed by atoms with Crippen LogP contribution >= 0.6 is 0 Å². The van der Waals surface area contributed by atoms with Crippen molar-refractivity contribution in [2.45, 2.75) is 50.5 Å². The second kappa shape index (κ2) is 9.73. The first-order valence-corrected chi connectivity index (χ1v) is 13.0. The van der Waals surface area contributed by atoms with Crippen molar-refractivity contribution in [1.82, 2.24) is 9.62 Å². The van der Waals surface area contributed by atoms with Crippen molar-refractivity contribution >= 4 is 15.9 Å². The summed E-state index contributed by atoms with van der Waals surface area (Å²) < 4.78 is 38.7. The van der Waals surface area contributed by atoms with Gasteiger partial charge in [0, 0.05) is 19.0 Å². The number of nitrogens with zero attached hydrogens (tertiary/aromatic N) is 1. The van der Waals surface area contributed by atoms with E-state index in [4.69, 9.17) is 9.47 Å². The lowest BCUT2D eigenvalue weighted by molar-refractivity contribution is -0.126. The summed E-state index contributed by atoms with van der Waals surface area (Å²) in [6, 6.07) is 12.6. The van der Waals surface area contributed by atoms with Crippen LogP contribution in [0.25, 0.3) is 0 Å². The molecule has 0 aliphatic carbocycles. The number of carbonyl (C=O) groups excluding carboxylic acids is 1. The second-order valence-corrected chi connectivity index (χ2v) is 11.0. The molecule has 2 aliphatic rings. The normalized spacial score (nSPS) is 18.2. The van der Waals surface area contributed by atoms with E-state index in [0.29, 0.717) is 55.7 Å². The van der Waals surface area contributed by atoms with E-state index in [1.165, 1.54) is 4.31 Å². The van der Waals surface area contributed by atoms with Crippen molar-refractivity contribution in [2.75, 3.05) is 26.3 Å². The number of rotatable bonds is 6. The molecule has 0 unspecified atom stereocenters. The van der Waals surface area contributed by atoms with Crippen LogP contribution in [0.3, 0.4) is 0 Å². The topological polar surface area (TPSA) is 84.9 Å². The van der Waals surface area contributed by atoms with Gasteiger partial charge in [0.1, 0.15) is 13.2 Å². The van der Waals surface area contributed by atoms with E-state index in [-0.39, 0.29) is 17.9 Å². The van der Waals surface area contributed by atoms with Crippen molar-refractivity contribution in [3.8, 4) is 11.5 Å². The summed E-state index contributed by atoms with van der Waals surface area (Å²) in [4.78, 5) is 13.2. The highest BCUT2D eigenvalue weighted by molar-refractivity contribution is 7.89. The molecule has 1 N–H and O–H groups in total. The number of amides is 1. The third-order valence-electron chi connectivity index (χ3n) is 6.43. The molecule has 0 aromatic heterocycles. The van der Waals surface area contributed by atoms with E-state index >= 15 is 0 Å². The number of piperidine rings is 1. The first-order chi connectivity index (χ1) is 15.8. The van der Waals surface area contributed by atoms with Gasteiger partial charge >= 0.3 is 0 Å². The molecule has 4 rings (SSSR count). The Labute approximate surface area is 196 Å². The minimum atomic E-state index is -3.55. The highest BCUT2D eigenvalue weighted by Gasteiger charge is 2.32. The average molecular weight is 473 g/mol. The lowest BCUT2D eigenvalue weighted by Gasteiger charge is -2.31. The number of ether oxygens (including phenoxy) is 2. The summed E-state index contributed by atoms with van der Waals surface area (Å²) in [6.07, 6.45) is 1.01. The first kappa shape index (κ1) is 23.6. The van der Waals surface area contributed by atoms with Crippen molar-refractivity contribution in [3.05, 3.63) is 53.6 Å². The third kappa shape index (κ3) is 5.17. The van der Waals surface area contributed by atoms with E-state index in [1.807, 2.05) is 37.3 Å². The Balaban J connectivity index is 1.34. The number of hydrogen-bond donors (Lipinski definition) is 1. The van der Waals surface area contributed by atoms with E-state index in [0.717, 1.165) is 16.9 Å². The predicted molar refractivity (Wildman–Crippen MR) is 126 cm³/mol. The van der Waals surface area contributed by atoms with Gasteiger partial charge in [-0.1, -0.05) is 32.0 Å². The van der Waals surface area contributed by atoms with Gasteiger partial charge in [-0.3, -0.25) is 4.79 Å². The minimum Gasteiger partial charge on any atom is -0.486 e. The fourth-order valence-electron chi connectivity index (χ4n) is 4.28. The van der Waals surface area contributed by atoms with E-state index in [9.17, 15) is 13.2 Å². The molecule has 2 aliphatic heterocycles. The van der Waals surface area contributed by atoms with Gasteiger partial charge in [-0.15, -0.1) is 0 Å². The lowest BCUT2D eigenvalue weighted by Crippen LogP contribution is -2.43. The van der Waals surface area contributed by atoms with Gasteiger partial charge in [-0.2, -0.15) is 4.31 Å². The summed E-state index contributed by atoms with van der Waals surface area (Å²) in [6.45, 7) is 7.82. The van der Waals surface area contributed by atoms with E-state index < -0.39 is 10.0 Å². The molecule has 0 bridgehead atoms. The van der Waals surface area contributed by atoms with Gasteiger partial charge in [0.05, 0.1) is 10.9 Å². The molecule has 0 radical (unpaired) electrons. The maximum absolute atomic E-state index is 13.0. The summed E-state index contributed by atoms with van der Waals surface area (Å²) in [5.74, 6) is 1.51. The Kier molecular flexibility index (Phi) is 6.95. The van der Waals surface area contributed by atoms with Crippen LogP contribution in [0.4, 0.5) is 0 Å². The molecule has 8 heteroatoms. The van der Waals surface area contributed by atoms with Crippen molar-refractivity contribution < 1.29 is 22.7 Å². The summed E-state index contributed by atoms with van der Waals surface area (Å²) in [7, 11) is -3.55. The van der Waals surface area contributed by atoms with Crippen LogP contribution in [0.2, 0.25) is 0 Å². The van der Waals surface area contributed by atoms with Crippen LogP contribution in [0.5, 0.6) is 11.5 Å². The first-order valence-electron chi connectivity index (χ1n) is 11.6. The van der Waals surface area contributed by atoms with Gasteiger partial charge < -0.3 is 14.8 Å². The Morgan fingerprint density at radius 3 is 2.18 bits per heavy atom. The lowest BCUT2D eigenvalue weighted by atomic mass is 9.96. The molecule has 0 spiro atoms. The number of nitrogens with one attached hydrogen (secondary N) is 1. The Hall–Kier alpha value is -2.58. The number of fused-ring (bicyclic) bond motifs is 1. The van der Waals surface area contributed by atoms with Gasteiger partial charge in [0.15, 0.2) is 11.5 Å². The molecule has 2 aromatic carbocycles. The molecule has 33 heavy (non-hydrogen) atoms. The summed E-state index contributed by atoms with van der Waals surface area (Å²) >= 11 is 0. The van der Waals surface area contributed by atoms with Crippen LogP contribution in [-0.4, -0.2) is 44.9 Å². The van der Waals surface area contributed by atoms with Gasteiger partial charge in [0.2, 0.25) is 15.9 Å². The number of sulfonamides is 1. The zero-order valence-electron chi connectivity index (χ0n) is 19.4. The number of benzene rings is 2. The molecule has 1 atom stereocenters. The van der Waals surface area contributed by atoms with Crippen LogP contribution in [0.1, 0.15) is 56.7 Å². The zero-order valence-corrected chi connectivity index (χ0v) is 20.2. The average Bonchev–Trinajstić information content (AvgIpc) is 2.83. The van der Waals surface area contributed by atoms with E-state index in [2.05, 4.69) is 19.2 Å². The second-order valence-electron chi connectivity index (χ2n) is 9.04. The maximum atomic E-state index is 13.0. The molecule has 1 amide bonds. The zero-order chi connectivity index (χ0) is 23.6. The summed E-state index contributed by atoms with van der Waals surface area (Å²) in [5.41, 5.74) is 2.05. The standard InChI is InChI=1S/C25H32N2O5S/c1-17(2)19-4-7-22(8-5-19)33(29,30)27-12-10-20(11-13-27)25(28)26-18(3)21-6-9-23-24(16-21)32-15-14-31-23/h4-9,16-18,20H,10-15H2,1-3H3,(H,26,28)/t18-/m1/s1. The molecule has 2 heterocycles. The van der Waals surface area contributed by atoms with Crippen LogP contribution in [0, 0.1) is 5.92 Å². The SMILES string of the molecule is CC(C)c1ccc(S(=O)(=O)N2CCC(C(=O)N[C@H](C)c3ccc4c(c3)OCCO4)CC2)cc1. The molecule has 178 valence electrons. The Morgan fingerprint density at radius 1 is 0.939 bits per heavy atom. The van der Waals surface area contributed by atoms with Crippen LogP contribution in [0.15, 0.2) is 47.4 Å². The van der Waals surface area contributed by atoms with Crippen molar-refractivity contribution in [3.63, 3.8) is 0 Å². The van der Waals surface area contributed by atoms with Gasteiger partial charge in [-0.05, 0) is 61.1 Å². The number of carbonyl (C=O) groups is 1. The molecule has 2 aromatic rings. The maximum Gasteiger partial charge on any atom is 0.243 e. The largest absolute Gasteiger partial charge is 0.486 e. The van der Waals surface area contributed by atoms with E-state index in [1.54, 1.807) is 12.1 Å². The molecule has 1 saturated heterocycles. The highest BCUT2D eigenvalue weighted by atomic mass is 32.2. The van der Waals surface area contributed by atoms with Crippen molar-refractivity contribution in [1.29, 1.82) is 0 Å². The van der Waals surface area contributed by atoms with Crippen molar-refractivity contribution in [2.24, 2.45) is 5.92 Å². The smallest absolute Gasteiger partial charge is 0.243 e. The Morgan fingerprint density at radius 2 is 1.55 bits per heavy atom. The molecule has 0 saturated carbocycles. The molecule has 1 fully saturated rings. The minimum absolute atomic E-state index is 0.0456. The Bertz CT molecular complexity index is 1090. The van der Waals surface area contributed by atoms with Gasteiger partial charge in [-0.25, -0.2) is 8.42 Å². The molecule has 7 nitrogen and oxygen atoms in total. The monoisotopic (exact) mass is 472 g/mol.